The van der Waals surface area contributed by atoms with E-state index in [-0.39, 0.29) is 56.9 Å². The minimum atomic E-state index is -0.180. The van der Waals surface area contributed by atoms with Crippen molar-refractivity contribution in [1.29, 1.82) is 0 Å². The summed E-state index contributed by atoms with van der Waals surface area (Å²) in [5.41, 5.74) is 8.20. The first-order chi connectivity index (χ1) is 21.8. The fourth-order valence-corrected chi connectivity index (χ4v) is 10.9. The third kappa shape index (κ3) is 7.02. The molecule has 5 atom stereocenters. The van der Waals surface area contributed by atoms with Crippen LogP contribution >= 0.6 is 0 Å². The van der Waals surface area contributed by atoms with Crippen molar-refractivity contribution >= 4 is 17.4 Å². The van der Waals surface area contributed by atoms with E-state index in [1.54, 1.807) is 12.4 Å². The van der Waals surface area contributed by atoms with Gasteiger partial charge in [-0.1, -0.05) is 0 Å². The molecule has 0 radical (unpaired) electrons. The fourth-order valence-electron chi connectivity index (χ4n) is 7.35. The molecule has 0 spiro atoms. The van der Waals surface area contributed by atoms with Crippen molar-refractivity contribution in [1.82, 2.24) is 20.6 Å². The standard InChI is InChI=1S/C37H45IN5O2/c1-23(2)34(24(3)4)40-37(45)32-13-11-28(22-43(32)21-25-8-6-5-7-9-25)33-29(14-17-38-33)36(44)27-10-12-31-30(20-27)35(42-41-31)26-15-18-39-19-16-26/h5-10,12,14-16,18-20,23-24,28,30-34,41H,11,13,17,21-22H2,1-4H3,(H,40,45)/q-1/t28-,30?,31?,32+,33?/m1/s1. The summed E-state index contributed by atoms with van der Waals surface area (Å²) in [6, 6.07) is 14.5. The van der Waals surface area contributed by atoms with Gasteiger partial charge in [0, 0.05) is 0 Å². The van der Waals surface area contributed by atoms with E-state index in [1.165, 1.54) is 5.56 Å². The number of fused-ring (bicyclic) bond motifs is 1. The molecule has 3 aliphatic heterocycles. The molecule has 0 bridgehead atoms. The van der Waals surface area contributed by atoms with Gasteiger partial charge in [0.25, 0.3) is 0 Å². The molecule has 8 heteroatoms. The molecule has 3 unspecified atom stereocenters. The number of ketones is 1. The number of allylic oxidation sites excluding steroid dienone is 4. The Bertz CT molecular complexity index is 1490. The number of amides is 1. The number of piperidine rings is 1. The van der Waals surface area contributed by atoms with Crippen LogP contribution in [0.5, 0.6) is 0 Å². The topological polar surface area (TPSA) is 86.7 Å². The third-order valence-corrected chi connectivity index (χ3v) is 13.2. The van der Waals surface area contributed by atoms with Gasteiger partial charge in [-0.25, -0.2) is 0 Å². The second-order valence-electron chi connectivity index (χ2n) is 13.4. The molecule has 4 heterocycles. The van der Waals surface area contributed by atoms with Crippen molar-refractivity contribution < 1.29 is 30.8 Å². The molecular weight excluding hydrogens is 673 g/mol. The van der Waals surface area contributed by atoms with Gasteiger partial charge in [-0.2, -0.15) is 0 Å². The molecule has 1 saturated heterocycles. The van der Waals surface area contributed by atoms with Crippen molar-refractivity contribution in [2.75, 3.05) is 11.0 Å². The molecule has 7 nitrogen and oxygen atoms in total. The zero-order valence-electron chi connectivity index (χ0n) is 26.7. The number of alkyl halides is 2. The monoisotopic (exact) mass is 718 g/mol. The van der Waals surface area contributed by atoms with Crippen LogP contribution in [0.1, 0.15) is 51.7 Å². The average Bonchev–Trinajstić information content (AvgIpc) is 3.71. The second kappa shape index (κ2) is 14.1. The average molecular weight is 719 g/mol. The molecule has 1 aromatic heterocycles. The number of Topliss-reactive ketones (excluding diaryl/α,β-unsaturated/α-hetero) is 1. The number of halogens is 1. The predicted octanol–water partition coefficient (Wildman–Crippen LogP) is 1.91. The number of likely N-dealkylation sites (tertiary alicyclic amines) is 1. The molecule has 1 amide bonds. The van der Waals surface area contributed by atoms with Gasteiger partial charge in [0.2, 0.25) is 0 Å². The van der Waals surface area contributed by atoms with Gasteiger partial charge >= 0.3 is 279 Å². The molecule has 4 aliphatic rings. The number of benzene rings is 1. The molecule has 1 aliphatic carbocycles. The van der Waals surface area contributed by atoms with Gasteiger partial charge in [-0.15, -0.1) is 0 Å². The summed E-state index contributed by atoms with van der Waals surface area (Å²) in [7, 11) is 0. The first kappa shape index (κ1) is 31.9. The normalized spacial score (nSPS) is 26.6. The fraction of sp³-hybridized carbons (Fsp3) is 0.459. The minimum absolute atomic E-state index is 0.0160. The van der Waals surface area contributed by atoms with E-state index in [0.717, 1.165) is 52.8 Å². The number of nitrogens with one attached hydrogen (secondary N) is 2. The number of hydrogen-bond acceptors (Lipinski definition) is 6. The van der Waals surface area contributed by atoms with E-state index < -0.39 is 0 Å². The summed E-state index contributed by atoms with van der Waals surface area (Å²) in [6.07, 6.45) is 13.8. The van der Waals surface area contributed by atoms with E-state index in [2.05, 4.69) is 95.9 Å². The number of hydrazone groups is 1. The maximum absolute atomic E-state index is 14.2. The molecule has 1 fully saturated rings. The van der Waals surface area contributed by atoms with Crippen molar-refractivity contribution in [2.24, 2.45) is 28.8 Å². The Morgan fingerprint density at radius 1 is 1.04 bits per heavy atom. The van der Waals surface area contributed by atoms with Gasteiger partial charge in [0.15, 0.2) is 0 Å². The number of carbonyl (C=O) groups is 2. The summed E-state index contributed by atoms with van der Waals surface area (Å²) in [5.74, 6) is 1.45. The van der Waals surface area contributed by atoms with E-state index in [9.17, 15) is 9.59 Å². The molecule has 1 aromatic carbocycles. The first-order valence-corrected chi connectivity index (χ1v) is 19.1. The second-order valence-corrected chi connectivity index (χ2v) is 16.5. The molecule has 45 heavy (non-hydrogen) atoms. The van der Waals surface area contributed by atoms with E-state index in [0.29, 0.717) is 21.7 Å². The van der Waals surface area contributed by atoms with Crippen molar-refractivity contribution in [3.05, 3.63) is 101 Å². The van der Waals surface area contributed by atoms with E-state index >= 15 is 0 Å². The molecule has 6 rings (SSSR count). The summed E-state index contributed by atoms with van der Waals surface area (Å²) < 4.78 is 1.34. The van der Waals surface area contributed by atoms with E-state index in [1.807, 2.05) is 24.3 Å². The molecular formula is C37H45IN5O2-. The first-order valence-electron chi connectivity index (χ1n) is 16.3. The number of hydrogen-bond donors (Lipinski definition) is 2. The number of carbonyl (C=O) groups excluding carboxylic acids is 2. The zero-order valence-corrected chi connectivity index (χ0v) is 28.9. The number of nitrogens with zero attached hydrogens (tertiary/aromatic N) is 3. The van der Waals surface area contributed by atoms with Crippen LogP contribution in [-0.4, -0.2) is 60.3 Å². The van der Waals surface area contributed by atoms with Crippen LogP contribution in [0.25, 0.3) is 0 Å². The Balaban J connectivity index is 1.19. The molecule has 2 N–H and O–H groups in total. The van der Waals surface area contributed by atoms with Crippen molar-refractivity contribution in [3.63, 3.8) is 0 Å². The summed E-state index contributed by atoms with van der Waals surface area (Å²) in [6.45, 7) is 10.3. The molecule has 238 valence electrons. The third-order valence-electron chi connectivity index (χ3n) is 9.64. The Hall–Kier alpha value is -3.11. The molecule has 2 aromatic rings. The van der Waals surface area contributed by atoms with Gasteiger partial charge in [-0.05, 0) is 0 Å². The van der Waals surface area contributed by atoms with Gasteiger partial charge in [-0.3, -0.25) is 0 Å². The number of aromatic nitrogens is 1. The van der Waals surface area contributed by atoms with Crippen LogP contribution in [0.4, 0.5) is 0 Å². The van der Waals surface area contributed by atoms with E-state index in [4.69, 9.17) is 0 Å². The van der Waals surface area contributed by atoms with Crippen LogP contribution < -0.4 is 31.9 Å². The summed E-state index contributed by atoms with van der Waals surface area (Å²) >= 11 is -0.180. The van der Waals surface area contributed by atoms with Crippen molar-refractivity contribution in [2.45, 2.75) is 69.1 Å². The van der Waals surface area contributed by atoms with Crippen LogP contribution in [0.2, 0.25) is 0 Å². The van der Waals surface area contributed by atoms with Crippen molar-refractivity contribution in [3.8, 4) is 0 Å². The Morgan fingerprint density at radius 2 is 1.80 bits per heavy atom. The maximum atomic E-state index is 14.2. The van der Waals surface area contributed by atoms with Crippen LogP contribution in [0.15, 0.2) is 95.4 Å². The Kier molecular flexibility index (Phi) is 9.99. The van der Waals surface area contributed by atoms with Gasteiger partial charge < -0.3 is 0 Å². The van der Waals surface area contributed by atoms with Crippen LogP contribution in [-0.2, 0) is 16.1 Å². The summed E-state index contributed by atoms with van der Waals surface area (Å²) in [4.78, 5) is 34.5. The Labute approximate surface area is 278 Å². The van der Waals surface area contributed by atoms with Crippen LogP contribution in [0.3, 0.4) is 0 Å². The Morgan fingerprint density at radius 3 is 2.53 bits per heavy atom. The predicted molar refractivity (Wildman–Crippen MR) is 175 cm³/mol. The van der Waals surface area contributed by atoms with Gasteiger partial charge in [0.05, 0.1) is 0 Å². The number of pyridine rings is 1. The SMILES string of the molecule is CC(C)C(NC(=O)[C@@H]1CC[C@@H](C2[I-]CC=C2C(=O)C2=CC3C(c4ccncc4)=NNC3C=C2)CN1Cc1ccccc1)C(C)C. The van der Waals surface area contributed by atoms with Crippen LogP contribution in [0, 0.1) is 23.7 Å². The summed E-state index contributed by atoms with van der Waals surface area (Å²) in [5, 5.41) is 8.03. The quantitative estimate of drug-likeness (QED) is 0.290. The molecule has 0 saturated carbocycles. The number of rotatable bonds is 10. The zero-order chi connectivity index (χ0) is 31.5. The van der Waals surface area contributed by atoms with Gasteiger partial charge in [0.1, 0.15) is 0 Å².